The van der Waals surface area contributed by atoms with Crippen molar-refractivity contribution in [2.75, 3.05) is 14.2 Å². The molecule has 8 heteroatoms. The van der Waals surface area contributed by atoms with Gasteiger partial charge in [-0.2, -0.15) is 0 Å². The fraction of sp³-hybridized carbons (Fsp3) is 0.174. The van der Waals surface area contributed by atoms with Gasteiger partial charge in [0.05, 0.1) is 43.9 Å². The fourth-order valence-corrected chi connectivity index (χ4v) is 3.60. The van der Waals surface area contributed by atoms with Crippen LogP contribution in [0.4, 0.5) is 0 Å². The van der Waals surface area contributed by atoms with E-state index >= 15 is 0 Å². The van der Waals surface area contributed by atoms with E-state index in [-0.39, 0.29) is 23.4 Å². The zero-order chi connectivity index (χ0) is 22.0. The van der Waals surface area contributed by atoms with Crippen molar-refractivity contribution in [3.63, 3.8) is 0 Å². The van der Waals surface area contributed by atoms with Gasteiger partial charge in [-0.25, -0.2) is 0 Å². The number of carbonyl (C=O) groups excluding carboxylic acids is 2. The van der Waals surface area contributed by atoms with Crippen molar-refractivity contribution in [2.45, 2.75) is 12.6 Å². The van der Waals surface area contributed by atoms with Gasteiger partial charge < -0.3 is 23.9 Å². The normalized spacial score (nSPS) is 17.7. The van der Waals surface area contributed by atoms with E-state index in [4.69, 9.17) is 13.9 Å². The molecule has 1 amide bonds. The van der Waals surface area contributed by atoms with Crippen molar-refractivity contribution >= 4 is 17.4 Å². The van der Waals surface area contributed by atoms with Gasteiger partial charge in [-0.05, 0) is 36.4 Å². The van der Waals surface area contributed by atoms with Crippen molar-refractivity contribution in [3.8, 4) is 11.5 Å². The molecule has 3 heterocycles. The Morgan fingerprint density at radius 2 is 1.97 bits per heavy atom. The van der Waals surface area contributed by atoms with E-state index in [0.717, 1.165) is 0 Å². The number of benzene rings is 1. The molecular weight excluding hydrogens is 400 g/mol. The molecule has 0 saturated carbocycles. The first-order valence-corrected chi connectivity index (χ1v) is 9.49. The molecule has 1 fully saturated rings. The number of furan rings is 1. The highest BCUT2D eigenvalue weighted by Gasteiger charge is 2.47. The maximum absolute atomic E-state index is 13.0. The number of amides is 1. The number of hydrogen-bond acceptors (Lipinski definition) is 7. The summed E-state index contributed by atoms with van der Waals surface area (Å²) in [6, 6.07) is 12.5. The van der Waals surface area contributed by atoms with Crippen LogP contribution in [-0.4, -0.2) is 40.9 Å². The van der Waals surface area contributed by atoms with E-state index in [0.29, 0.717) is 23.0 Å². The molecule has 1 N–H and O–H groups in total. The van der Waals surface area contributed by atoms with Crippen LogP contribution in [0.15, 0.2) is 71.0 Å². The predicted molar refractivity (Wildman–Crippen MR) is 110 cm³/mol. The maximum Gasteiger partial charge on any atom is 0.296 e. The smallest absolute Gasteiger partial charge is 0.296 e. The number of methoxy groups -OCH3 is 2. The Morgan fingerprint density at radius 3 is 2.61 bits per heavy atom. The number of aromatic nitrogens is 1. The van der Waals surface area contributed by atoms with Crippen LogP contribution in [-0.2, 0) is 16.1 Å². The Kier molecular flexibility index (Phi) is 5.44. The fourth-order valence-electron chi connectivity index (χ4n) is 3.60. The number of aliphatic hydroxyl groups is 1. The molecular formula is C23H20N2O6. The number of pyridine rings is 1. The minimum absolute atomic E-state index is 0.0509. The predicted octanol–water partition coefficient (Wildman–Crippen LogP) is 3.31. The zero-order valence-electron chi connectivity index (χ0n) is 16.9. The number of nitrogens with zero attached hydrogens (tertiary/aromatic N) is 2. The molecule has 1 unspecified atom stereocenters. The van der Waals surface area contributed by atoms with Crippen molar-refractivity contribution in [1.29, 1.82) is 0 Å². The van der Waals surface area contributed by atoms with Gasteiger partial charge in [0.15, 0.2) is 0 Å². The summed E-state index contributed by atoms with van der Waals surface area (Å²) in [5.41, 5.74) is 0.640. The van der Waals surface area contributed by atoms with Crippen molar-refractivity contribution < 1.29 is 28.6 Å². The van der Waals surface area contributed by atoms with Crippen molar-refractivity contribution in [2.24, 2.45) is 0 Å². The summed E-state index contributed by atoms with van der Waals surface area (Å²) in [5, 5.41) is 11.2. The highest BCUT2D eigenvalue weighted by molar-refractivity contribution is 6.46. The lowest BCUT2D eigenvalue weighted by molar-refractivity contribution is -0.140. The van der Waals surface area contributed by atoms with E-state index in [1.165, 1.54) is 25.4 Å². The molecule has 4 rings (SSSR count). The molecule has 2 aromatic heterocycles. The van der Waals surface area contributed by atoms with Gasteiger partial charge in [-0.3, -0.25) is 14.6 Å². The van der Waals surface area contributed by atoms with E-state index in [9.17, 15) is 14.7 Å². The van der Waals surface area contributed by atoms with Gasteiger partial charge in [-0.1, -0.05) is 6.07 Å². The van der Waals surface area contributed by atoms with Crippen LogP contribution < -0.4 is 9.47 Å². The lowest BCUT2D eigenvalue weighted by Gasteiger charge is -2.23. The summed E-state index contributed by atoms with van der Waals surface area (Å²) in [6.07, 6.45) is 3.06. The van der Waals surface area contributed by atoms with Gasteiger partial charge in [0.2, 0.25) is 0 Å². The first kappa shape index (κ1) is 20.2. The number of Topliss-reactive ketones (excluding diaryl/α,β-unsaturated/α-hetero) is 1. The van der Waals surface area contributed by atoms with Crippen LogP contribution in [0.5, 0.6) is 11.5 Å². The molecule has 1 saturated heterocycles. The van der Waals surface area contributed by atoms with Gasteiger partial charge >= 0.3 is 0 Å². The number of hydrogen-bond donors (Lipinski definition) is 1. The molecule has 1 atom stereocenters. The first-order chi connectivity index (χ1) is 15.0. The molecule has 0 bridgehead atoms. The molecule has 0 radical (unpaired) electrons. The van der Waals surface area contributed by atoms with Gasteiger partial charge in [-0.15, -0.1) is 0 Å². The quantitative estimate of drug-likeness (QED) is 0.371. The van der Waals surface area contributed by atoms with Gasteiger partial charge in [0.1, 0.15) is 29.1 Å². The number of likely N-dealkylation sites (tertiary alicyclic amines) is 1. The molecule has 158 valence electrons. The van der Waals surface area contributed by atoms with Crippen LogP contribution in [0, 0.1) is 0 Å². The maximum atomic E-state index is 13.0. The van der Waals surface area contributed by atoms with Crippen LogP contribution in [0.1, 0.15) is 23.1 Å². The van der Waals surface area contributed by atoms with Crippen LogP contribution in [0.2, 0.25) is 0 Å². The molecule has 1 aliphatic rings. The molecule has 1 aliphatic heterocycles. The number of ether oxygens (including phenoxy) is 2. The summed E-state index contributed by atoms with van der Waals surface area (Å²) < 4.78 is 15.9. The lowest BCUT2D eigenvalue weighted by atomic mass is 9.97. The average Bonchev–Trinajstić information content (AvgIpc) is 3.41. The monoisotopic (exact) mass is 420 g/mol. The molecule has 3 aromatic rings. The minimum Gasteiger partial charge on any atom is -0.507 e. The Bertz CT molecular complexity index is 1140. The van der Waals surface area contributed by atoms with E-state index < -0.39 is 17.7 Å². The Morgan fingerprint density at radius 1 is 1.13 bits per heavy atom. The molecule has 0 aliphatic carbocycles. The van der Waals surface area contributed by atoms with Crippen LogP contribution >= 0.6 is 0 Å². The third-order valence-corrected chi connectivity index (χ3v) is 5.08. The largest absolute Gasteiger partial charge is 0.507 e. The standard InChI is InChI=1S/C23H20N2O6/c1-29-14-8-9-16(18(12-14)30-2)21(26)19-20(17-7-3-4-10-24-17)25(23(28)22(19)27)13-15-6-5-11-31-15/h3-12,20,26H,13H2,1-2H3/b21-19-. The second-order valence-electron chi connectivity index (χ2n) is 6.83. The third-order valence-electron chi connectivity index (χ3n) is 5.08. The van der Waals surface area contributed by atoms with Crippen LogP contribution in [0.3, 0.4) is 0 Å². The SMILES string of the molecule is COc1ccc(/C(O)=C2/C(=O)C(=O)N(Cc3ccco3)C2c2ccccn2)c(OC)c1. The van der Waals surface area contributed by atoms with Crippen molar-refractivity contribution in [3.05, 3.63) is 83.6 Å². The second-order valence-corrected chi connectivity index (χ2v) is 6.83. The van der Waals surface area contributed by atoms with Gasteiger partial charge in [0, 0.05) is 12.3 Å². The Hall–Kier alpha value is -4.07. The summed E-state index contributed by atoms with van der Waals surface area (Å²) in [7, 11) is 2.95. The summed E-state index contributed by atoms with van der Waals surface area (Å²) >= 11 is 0. The third kappa shape index (κ3) is 3.63. The molecule has 1 aromatic carbocycles. The highest BCUT2D eigenvalue weighted by Crippen LogP contribution is 2.41. The van der Waals surface area contributed by atoms with E-state index in [1.807, 2.05) is 0 Å². The summed E-state index contributed by atoms with van der Waals surface area (Å²) in [6.45, 7) is 0.0509. The lowest BCUT2D eigenvalue weighted by Crippen LogP contribution is -2.29. The second kappa shape index (κ2) is 8.35. The number of rotatable bonds is 6. The number of ketones is 1. The highest BCUT2D eigenvalue weighted by atomic mass is 16.5. The van der Waals surface area contributed by atoms with Crippen molar-refractivity contribution in [1.82, 2.24) is 9.88 Å². The van der Waals surface area contributed by atoms with E-state index in [1.54, 1.807) is 54.7 Å². The topological polar surface area (TPSA) is 102 Å². The Labute approximate surface area is 178 Å². The molecule has 8 nitrogen and oxygen atoms in total. The molecule has 0 spiro atoms. The Balaban J connectivity index is 1.88. The summed E-state index contributed by atoms with van der Waals surface area (Å²) in [4.78, 5) is 31.6. The number of carbonyl (C=O) groups is 2. The van der Waals surface area contributed by atoms with Gasteiger partial charge in [0.25, 0.3) is 11.7 Å². The molecule has 31 heavy (non-hydrogen) atoms. The zero-order valence-corrected chi connectivity index (χ0v) is 16.9. The number of aliphatic hydroxyl groups excluding tert-OH is 1. The van der Waals surface area contributed by atoms with E-state index in [2.05, 4.69) is 4.98 Å². The summed E-state index contributed by atoms with van der Waals surface area (Å²) in [5.74, 6) is -0.583. The minimum atomic E-state index is -0.891. The first-order valence-electron chi connectivity index (χ1n) is 9.49. The average molecular weight is 420 g/mol. The van der Waals surface area contributed by atoms with Crippen LogP contribution in [0.25, 0.3) is 5.76 Å².